The highest BCUT2D eigenvalue weighted by Crippen LogP contribution is 2.40. The van der Waals surface area contributed by atoms with Crippen LogP contribution in [-0.2, 0) is 42.9 Å². The molecule has 1 aliphatic heterocycles. The van der Waals surface area contributed by atoms with Crippen LogP contribution >= 0.6 is 0 Å². The molecule has 1 N–H and O–H groups in total. The Kier molecular flexibility index (Phi) is 7.37. The molecule has 10 heteroatoms. The number of carbonyl (C=O) groups excluding carboxylic acids is 4. The third kappa shape index (κ3) is 5.51. The van der Waals surface area contributed by atoms with Gasteiger partial charge in [0, 0.05) is 50.4 Å². The van der Waals surface area contributed by atoms with E-state index in [2.05, 4.69) is 4.98 Å². The Hall–Kier alpha value is -3.40. The fourth-order valence-electron chi connectivity index (χ4n) is 4.10. The summed E-state index contributed by atoms with van der Waals surface area (Å²) in [6.07, 6.45) is -3.71. The van der Waals surface area contributed by atoms with Crippen molar-refractivity contribution >= 4 is 34.8 Å². The molecular formula is C23H27NO9. The second-order valence-corrected chi connectivity index (χ2v) is 7.86. The van der Waals surface area contributed by atoms with Crippen LogP contribution in [0.3, 0.4) is 0 Å². The second kappa shape index (κ2) is 10.0. The Morgan fingerprint density at radius 2 is 1.48 bits per heavy atom. The van der Waals surface area contributed by atoms with Gasteiger partial charge in [-0.05, 0) is 18.6 Å². The number of fused-ring (bicyclic) bond motifs is 1. The molecule has 10 nitrogen and oxygen atoms in total. The first-order chi connectivity index (χ1) is 15.6. The molecule has 0 spiro atoms. The zero-order chi connectivity index (χ0) is 24.3. The van der Waals surface area contributed by atoms with Crippen molar-refractivity contribution in [1.82, 2.24) is 4.98 Å². The van der Waals surface area contributed by atoms with E-state index < -0.39 is 54.4 Å². The van der Waals surface area contributed by atoms with Gasteiger partial charge in [0.25, 0.3) is 0 Å². The van der Waals surface area contributed by atoms with Crippen LogP contribution in [-0.4, -0.2) is 59.9 Å². The van der Waals surface area contributed by atoms with Crippen LogP contribution in [0.5, 0.6) is 0 Å². The monoisotopic (exact) mass is 461 g/mol. The highest BCUT2D eigenvalue weighted by atomic mass is 16.7. The van der Waals surface area contributed by atoms with E-state index in [1.54, 1.807) is 6.20 Å². The Morgan fingerprint density at radius 1 is 0.879 bits per heavy atom. The molecule has 0 radical (unpaired) electrons. The lowest BCUT2D eigenvalue weighted by atomic mass is 9.89. The topological polar surface area (TPSA) is 130 Å². The summed E-state index contributed by atoms with van der Waals surface area (Å²) in [5.41, 5.74) is 2.43. The zero-order valence-corrected chi connectivity index (χ0v) is 19.1. The van der Waals surface area contributed by atoms with Gasteiger partial charge in [-0.1, -0.05) is 12.1 Å². The molecule has 0 saturated carbocycles. The summed E-state index contributed by atoms with van der Waals surface area (Å²) < 4.78 is 27.8. The van der Waals surface area contributed by atoms with Crippen LogP contribution in [0.25, 0.3) is 10.9 Å². The lowest BCUT2D eigenvalue weighted by molar-refractivity contribution is -0.254. The van der Waals surface area contributed by atoms with Crippen molar-refractivity contribution in [2.24, 2.45) is 0 Å². The van der Waals surface area contributed by atoms with Crippen LogP contribution in [0, 0.1) is 6.92 Å². The molecule has 0 amide bonds. The molecule has 178 valence electrons. The van der Waals surface area contributed by atoms with Crippen LogP contribution in [0.2, 0.25) is 0 Å². The first kappa shape index (κ1) is 24.2. The van der Waals surface area contributed by atoms with Crippen molar-refractivity contribution in [3.63, 3.8) is 0 Å². The minimum absolute atomic E-state index is 0.268. The van der Waals surface area contributed by atoms with Crippen LogP contribution in [0.1, 0.15) is 44.9 Å². The zero-order valence-electron chi connectivity index (χ0n) is 19.1. The van der Waals surface area contributed by atoms with Gasteiger partial charge < -0.3 is 28.7 Å². The van der Waals surface area contributed by atoms with E-state index >= 15 is 0 Å². The van der Waals surface area contributed by atoms with Gasteiger partial charge in [-0.25, -0.2) is 0 Å². The molecule has 1 fully saturated rings. The quantitative estimate of drug-likeness (QED) is 0.508. The molecule has 0 unspecified atom stereocenters. The number of nitrogens with one attached hydrogen (secondary N) is 1. The number of aryl methyl sites for hydroxylation is 1. The number of ether oxygens (including phenoxy) is 5. The van der Waals surface area contributed by atoms with Gasteiger partial charge in [0.1, 0.15) is 18.8 Å². The number of H-pyrrole nitrogens is 1. The maximum atomic E-state index is 12.0. The number of esters is 4. The summed E-state index contributed by atoms with van der Waals surface area (Å²) in [5, 5.41) is 0.846. The minimum atomic E-state index is -1.21. The molecule has 1 aromatic carbocycles. The van der Waals surface area contributed by atoms with Gasteiger partial charge in [-0.15, -0.1) is 0 Å². The van der Waals surface area contributed by atoms with E-state index in [-0.39, 0.29) is 6.61 Å². The molecule has 5 atom stereocenters. The van der Waals surface area contributed by atoms with Gasteiger partial charge in [-0.3, -0.25) is 19.2 Å². The van der Waals surface area contributed by atoms with E-state index in [0.717, 1.165) is 16.5 Å². The normalized spacial score (nSPS) is 24.7. The highest BCUT2D eigenvalue weighted by molar-refractivity contribution is 5.87. The Labute approximate surface area is 190 Å². The van der Waals surface area contributed by atoms with E-state index in [0.29, 0.717) is 5.56 Å². The maximum absolute atomic E-state index is 12.0. The standard InChI is InChI=1S/C23H27NO9/c1-11-7-6-8-17-19(11)16(9-24-17)20-22(31-14(4)27)23(32-15(5)28)21(30-13(3)26)18(33-20)10-29-12(2)25/h6-9,18,20-24H,10H2,1-5H3/t18-,20-,21-,22-,23+/m1/s1. The largest absolute Gasteiger partial charge is 0.463 e. The molecule has 33 heavy (non-hydrogen) atoms. The third-order valence-electron chi connectivity index (χ3n) is 5.24. The molecule has 3 rings (SSSR count). The number of benzene rings is 1. The Morgan fingerprint density at radius 3 is 2.09 bits per heavy atom. The fraction of sp³-hybridized carbons (Fsp3) is 0.478. The number of aromatic amines is 1. The SMILES string of the molecule is CC(=O)OC[C@H]1O[C@H](c2c[nH]c3cccc(C)c23)[C@@H](OC(C)=O)[C@@H](OC(C)=O)[C@@H]1OC(C)=O. The van der Waals surface area contributed by atoms with Gasteiger partial charge in [0.15, 0.2) is 18.3 Å². The van der Waals surface area contributed by atoms with E-state index in [9.17, 15) is 19.2 Å². The number of carbonyl (C=O) groups is 4. The number of hydrogen-bond donors (Lipinski definition) is 1. The van der Waals surface area contributed by atoms with Crippen molar-refractivity contribution in [2.75, 3.05) is 6.61 Å². The average molecular weight is 461 g/mol. The summed E-state index contributed by atoms with van der Waals surface area (Å²) in [5.74, 6) is -2.54. The predicted molar refractivity (Wildman–Crippen MR) is 114 cm³/mol. The first-order valence-electron chi connectivity index (χ1n) is 10.5. The van der Waals surface area contributed by atoms with E-state index in [1.165, 1.54) is 27.7 Å². The first-order valence-corrected chi connectivity index (χ1v) is 10.5. The Balaban J connectivity index is 2.14. The summed E-state index contributed by atoms with van der Waals surface area (Å²) in [6, 6.07) is 5.70. The molecule has 1 aliphatic rings. The fourth-order valence-corrected chi connectivity index (χ4v) is 4.10. The third-order valence-corrected chi connectivity index (χ3v) is 5.24. The summed E-state index contributed by atoms with van der Waals surface area (Å²) in [6.45, 7) is 6.48. The molecule has 0 bridgehead atoms. The molecule has 2 aromatic rings. The van der Waals surface area contributed by atoms with E-state index in [4.69, 9.17) is 23.7 Å². The lowest BCUT2D eigenvalue weighted by Crippen LogP contribution is -2.59. The molecular weight excluding hydrogens is 434 g/mol. The average Bonchev–Trinajstić information content (AvgIpc) is 3.14. The maximum Gasteiger partial charge on any atom is 0.303 e. The van der Waals surface area contributed by atoms with Gasteiger partial charge >= 0.3 is 23.9 Å². The van der Waals surface area contributed by atoms with Crippen LogP contribution in [0.4, 0.5) is 0 Å². The summed E-state index contributed by atoms with van der Waals surface area (Å²) in [7, 11) is 0. The van der Waals surface area contributed by atoms with Crippen LogP contribution < -0.4 is 0 Å². The van der Waals surface area contributed by atoms with E-state index in [1.807, 2.05) is 25.1 Å². The summed E-state index contributed by atoms with van der Waals surface area (Å²) in [4.78, 5) is 50.5. The van der Waals surface area contributed by atoms with Crippen LogP contribution in [0.15, 0.2) is 24.4 Å². The highest BCUT2D eigenvalue weighted by Gasteiger charge is 2.53. The minimum Gasteiger partial charge on any atom is -0.463 e. The number of hydrogen-bond acceptors (Lipinski definition) is 9. The summed E-state index contributed by atoms with van der Waals surface area (Å²) >= 11 is 0. The van der Waals surface area contributed by atoms with Crippen molar-refractivity contribution in [2.45, 2.75) is 65.1 Å². The van der Waals surface area contributed by atoms with Crippen molar-refractivity contribution in [3.8, 4) is 0 Å². The van der Waals surface area contributed by atoms with Gasteiger partial charge in [0.05, 0.1) is 0 Å². The van der Waals surface area contributed by atoms with Gasteiger partial charge in [0.2, 0.25) is 0 Å². The Bertz CT molecular complexity index is 1060. The molecule has 0 aliphatic carbocycles. The molecule has 1 aromatic heterocycles. The van der Waals surface area contributed by atoms with Crippen molar-refractivity contribution in [3.05, 3.63) is 35.5 Å². The predicted octanol–water partition coefficient (Wildman–Crippen LogP) is 2.27. The van der Waals surface area contributed by atoms with Crippen molar-refractivity contribution in [1.29, 1.82) is 0 Å². The molecule has 1 saturated heterocycles. The second-order valence-electron chi connectivity index (χ2n) is 7.86. The molecule has 2 heterocycles. The van der Waals surface area contributed by atoms with Crippen molar-refractivity contribution < 1.29 is 42.9 Å². The lowest BCUT2D eigenvalue weighted by Gasteiger charge is -2.44. The number of aromatic nitrogens is 1. The smallest absolute Gasteiger partial charge is 0.303 e. The van der Waals surface area contributed by atoms with Gasteiger partial charge in [-0.2, -0.15) is 0 Å². The number of rotatable bonds is 6.